The molecule has 0 radical (unpaired) electrons. The Hall–Kier alpha value is -1.68. The maximum absolute atomic E-state index is 6.00. The Morgan fingerprint density at radius 3 is 2.83 bits per heavy atom. The Morgan fingerprint density at radius 1 is 1.44 bits per heavy atom. The highest BCUT2D eigenvalue weighted by Gasteiger charge is 2.10. The second kappa shape index (κ2) is 5.31. The van der Waals surface area contributed by atoms with E-state index in [1.54, 1.807) is 17.9 Å². The summed E-state index contributed by atoms with van der Waals surface area (Å²) in [7, 11) is 3.54. The SMILES string of the molecule is COc1ccc(Cl)cc1NC(C)c1cnn(C)c1. The predicted octanol–water partition coefficient (Wildman–Crippen LogP) is 3.26. The van der Waals surface area contributed by atoms with E-state index in [9.17, 15) is 0 Å². The highest BCUT2D eigenvalue weighted by Crippen LogP contribution is 2.30. The number of nitrogens with one attached hydrogen (secondary N) is 1. The van der Waals surface area contributed by atoms with E-state index in [0.717, 1.165) is 17.0 Å². The molecule has 96 valence electrons. The molecule has 4 nitrogen and oxygen atoms in total. The zero-order valence-electron chi connectivity index (χ0n) is 10.6. The van der Waals surface area contributed by atoms with Crippen LogP contribution in [0.25, 0.3) is 0 Å². The number of aryl methyl sites for hydroxylation is 1. The molecule has 1 aromatic heterocycles. The maximum Gasteiger partial charge on any atom is 0.142 e. The van der Waals surface area contributed by atoms with Crippen molar-refractivity contribution in [3.05, 3.63) is 41.2 Å². The number of anilines is 1. The van der Waals surface area contributed by atoms with E-state index in [1.807, 2.05) is 31.6 Å². The Bertz CT molecular complexity index is 539. The Kier molecular flexibility index (Phi) is 3.77. The summed E-state index contributed by atoms with van der Waals surface area (Å²) in [5.41, 5.74) is 1.99. The van der Waals surface area contributed by atoms with E-state index in [4.69, 9.17) is 16.3 Å². The lowest BCUT2D eigenvalue weighted by Crippen LogP contribution is -2.07. The van der Waals surface area contributed by atoms with Gasteiger partial charge in [-0.2, -0.15) is 5.10 Å². The summed E-state index contributed by atoms with van der Waals surface area (Å²) >= 11 is 6.00. The molecule has 1 unspecified atom stereocenters. The molecule has 0 aliphatic heterocycles. The van der Waals surface area contributed by atoms with Gasteiger partial charge in [0.15, 0.2) is 0 Å². The Morgan fingerprint density at radius 2 is 2.22 bits per heavy atom. The van der Waals surface area contributed by atoms with Gasteiger partial charge in [-0.3, -0.25) is 4.68 Å². The van der Waals surface area contributed by atoms with E-state index >= 15 is 0 Å². The molecule has 0 saturated heterocycles. The number of aromatic nitrogens is 2. The molecule has 2 rings (SSSR count). The molecule has 1 atom stereocenters. The van der Waals surface area contributed by atoms with Crippen molar-refractivity contribution < 1.29 is 4.74 Å². The van der Waals surface area contributed by atoms with Gasteiger partial charge in [0.2, 0.25) is 0 Å². The standard InChI is InChI=1S/C13H16ClN3O/c1-9(10-7-15-17(2)8-10)16-12-6-11(14)4-5-13(12)18-3/h4-9,16H,1-3H3. The van der Waals surface area contributed by atoms with Gasteiger partial charge in [-0.25, -0.2) is 0 Å². The number of halogens is 1. The van der Waals surface area contributed by atoms with E-state index in [0.29, 0.717) is 5.02 Å². The summed E-state index contributed by atoms with van der Waals surface area (Å²) in [4.78, 5) is 0. The molecule has 1 aromatic carbocycles. The van der Waals surface area contributed by atoms with Gasteiger partial charge in [0.1, 0.15) is 5.75 Å². The Labute approximate surface area is 112 Å². The second-order valence-electron chi connectivity index (χ2n) is 4.16. The summed E-state index contributed by atoms with van der Waals surface area (Å²) < 4.78 is 7.08. The maximum atomic E-state index is 6.00. The molecule has 0 aliphatic carbocycles. The minimum Gasteiger partial charge on any atom is -0.495 e. The van der Waals surface area contributed by atoms with Crippen molar-refractivity contribution in [3.63, 3.8) is 0 Å². The fourth-order valence-electron chi connectivity index (χ4n) is 1.77. The average Bonchev–Trinajstić information content (AvgIpc) is 2.76. The van der Waals surface area contributed by atoms with Crippen LogP contribution in [0.5, 0.6) is 5.75 Å². The van der Waals surface area contributed by atoms with Gasteiger partial charge in [-0.15, -0.1) is 0 Å². The summed E-state index contributed by atoms with van der Waals surface area (Å²) in [6.07, 6.45) is 3.82. The van der Waals surface area contributed by atoms with Crippen molar-refractivity contribution in [1.82, 2.24) is 9.78 Å². The minimum absolute atomic E-state index is 0.131. The van der Waals surface area contributed by atoms with Crippen molar-refractivity contribution in [2.75, 3.05) is 12.4 Å². The van der Waals surface area contributed by atoms with Gasteiger partial charge in [0.25, 0.3) is 0 Å². The smallest absolute Gasteiger partial charge is 0.142 e. The molecule has 2 aromatic rings. The number of hydrogen-bond donors (Lipinski definition) is 1. The van der Waals surface area contributed by atoms with Crippen LogP contribution in [0.3, 0.4) is 0 Å². The molecule has 0 saturated carbocycles. The molecule has 18 heavy (non-hydrogen) atoms. The summed E-state index contributed by atoms with van der Waals surface area (Å²) in [5, 5.41) is 8.21. The number of methoxy groups -OCH3 is 1. The molecule has 0 amide bonds. The van der Waals surface area contributed by atoms with E-state index in [2.05, 4.69) is 17.3 Å². The minimum atomic E-state index is 0.131. The topological polar surface area (TPSA) is 39.1 Å². The van der Waals surface area contributed by atoms with Gasteiger partial charge in [0.05, 0.1) is 25.0 Å². The fourth-order valence-corrected chi connectivity index (χ4v) is 1.95. The first kappa shape index (κ1) is 12.8. The van der Waals surface area contributed by atoms with Crippen molar-refractivity contribution >= 4 is 17.3 Å². The lowest BCUT2D eigenvalue weighted by Gasteiger charge is -2.16. The molecule has 5 heteroatoms. The molecular formula is C13H16ClN3O. The summed E-state index contributed by atoms with van der Waals surface area (Å²) in [6, 6.07) is 5.64. The third kappa shape index (κ3) is 2.76. The van der Waals surface area contributed by atoms with Crippen molar-refractivity contribution in [3.8, 4) is 5.75 Å². The highest BCUT2D eigenvalue weighted by atomic mass is 35.5. The van der Waals surface area contributed by atoms with Gasteiger partial charge >= 0.3 is 0 Å². The first-order chi connectivity index (χ1) is 8.60. The van der Waals surface area contributed by atoms with Crippen LogP contribution in [-0.4, -0.2) is 16.9 Å². The quantitative estimate of drug-likeness (QED) is 0.922. The zero-order chi connectivity index (χ0) is 13.1. The van der Waals surface area contributed by atoms with Crippen LogP contribution in [0.4, 0.5) is 5.69 Å². The largest absolute Gasteiger partial charge is 0.495 e. The lowest BCUT2D eigenvalue weighted by molar-refractivity contribution is 0.416. The van der Waals surface area contributed by atoms with E-state index in [1.165, 1.54) is 0 Å². The number of ether oxygens (including phenoxy) is 1. The van der Waals surface area contributed by atoms with Crippen LogP contribution in [-0.2, 0) is 7.05 Å². The number of hydrogen-bond acceptors (Lipinski definition) is 3. The molecule has 1 N–H and O–H groups in total. The molecule has 0 spiro atoms. The van der Waals surface area contributed by atoms with E-state index in [-0.39, 0.29) is 6.04 Å². The first-order valence-corrected chi connectivity index (χ1v) is 6.06. The van der Waals surface area contributed by atoms with Crippen molar-refractivity contribution in [2.24, 2.45) is 7.05 Å². The van der Waals surface area contributed by atoms with Gasteiger partial charge in [0, 0.05) is 23.8 Å². The van der Waals surface area contributed by atoms with Crippen LogP contribution < -0.4 is 10.1 Å². The van der Waals surface area contributed by atoms with Gasteiger partial charge < -0.3 is 10.1 Å². The second-order valence-corrected chi connectivity index (χ2v) is 4.59. The normalized spacial score (nSPS) is 12.2. The molecule has 0 bridgehead atoms. The lowest BCUT2D eigenvalue weighted by atomic mass is 10.1. The van der Waals surface area contributed by atoms with Crippen LogP contribution in [0.2, 0.25) is 5.02 Å². The number of benzene rings is 1. The van der Waals surface area contributed by atoms with Gasteiger partial charge in [-0.1, -0.05) is 11.6 Å². The van der Waals surface area contributed by atoms with Crippen LogP contribution in [0, 0.1) is 0 Å². The summed E-state index contributed by atoms with van der Waals surface area (Å²) in [5.74, 6) is 0.773. The Balaban J connectivity index is 2.20. The van der Waals surface area contributed by atoms with Crippen LogP contribution in [0.15, 0.2) is 30.6 Å². The molecule has 0 fully saturated rings. The third-order valence-electron chi connectivity index (χ3n) is 2.76. The monoisotopic (exact) mass is 265 g/mol. The summed E-state index contributed by atoms with van der Waals surface area (Å²) in [6.45, 7) is 2.07. The van der Waals surface area contributed by atoms with E-state index < -0.39 is 0 Å². The molecule has 0 aliphatic rings. The van der Waals surface area contributed by atoms with Gasteiger partial charge in [-0.05, 0) is 25.1 Å². The number of nitrogens with zero attached hydrogens (tertiary/aromatic N) is 2. The van der Waals surface area contributed by atoms with Crippen molar-refractivity contribution in [2.45, 2.75) is 13.0 Å². The first-order valence-electron chi connectivity index (χ1n) is 5.69. The van der Waals surface area contributed by atoms with Crippen molar-refractivity contribution in [1.29, 1.82) is 0 Å². The zero-order valence-corrected chi connectivity index (χ0v) is 11.4. The molecule has 1 heterocycles. The number of rotatable bonds is 4. The third-order valence-corrected chi connectivity index (χ3v) is 2.99. The molecular weight excluding hydrogens is 250 g/mol. The van der Waals surface area contributed by atoms with Crippen LogP contribution in [0.1, 0.15) is 18.5 Å². The highest BCUT2D eigenvalue weighted by molar-refractivity contribution is 6.30. The fraction of sp³-hybridized carbons (Fsp3) is 0.308. The predicted molar refractivity (Wildman–Crippen MR) is 73.2 cm³/mol. The van der Waals surface area contributed by atoms with Crippen LogP contribution >= 0.6 is 11.6 Å². The average molecular weight is 266 g/mol.